The average molecular weight is 373 g/mol. The van der Waals surface area contributed by atoms with Crippen LogP contribution in [-0.4, -0.2) is 51.2 Å². The molecule has 7 heteroatoms. The lowest BCUT2D eigenvalue weighted by atomic mass is 10.0. The van der Waals surface area contributed by atoms with Gasteiger partial charge in [-0.25, -0.2) is 4.39 Å². The number of benzene rings is 2. The number of rotatable bonds is 6. The van der Waals surface area contributed by atoms with Gasteiger partial charge in [0.15, 0.2) is 0 Å². The number of nitrogens with one attached hydrogen (secondary N) is 2. The van der Waals surface area contributed by atoms with E-state index in [9.17, 15) is 9.18 Å². The molecule has 0 saturated carbocycles. The van der Waals surface area contributed by atoms with Gasteiger partial charge in [0, 0.05) is 31.7 Å². The van der Waals surface area contributed by atoms with Gasteiger partial charge in [-0.05, 0) is 29.8 Å². The van der Waals surface area contributed by atoms with Crippen molar-refractivity contribution in [2.24, 2.45) is 0 Å². The highest BCUT2D eigenvalue weighted by Crippen LogP contribution is 2.29. The van der Waals surface area contributed by atoms with Crippen molar-refractivity contribution in [2.75, 3.05) is 45.7 Å². The van der Waals surface area contributed by atoms with E-state index in [0.717, 1.165) is 12.1 Å². The number of ether oxygens (including phenoxy) is 2. The quantitative estimate of drug-likeness (QED) is 0.814. The fraction of sp³-hybridized carbons (Fsp3) is 0.350. The zero-order valence-corrected chi connectivity index (χ0v) is 15.5. The number of halogens is 1. The zero-order valence-electron chi connectivity index (χ0n) is 15.5. The highest BCUT2D eigenvalue weighted by molar-refractivity contribution is 5.94. The van der Waals surface area contributed by atoms with Crippen LogP contribution in [0.3, 0.4) is 0 Å². The number of hydrogen-bond donors (Lipinski definition) is 2. The Kier molecular flexibility index (Phi) is 6.26. The molecule has 1 amide bonds. The van der Waals surface area contributed by atoms with Crippen LogP contribution in [-0.2, 0) is 4.79 Å². The van der Waals surface area contributed by atoms with Gasteiger partial charge < -0.3 is 20.1 Å². The molecule has 144 valence electrons. The van der Waals surface area contributed by atoms with Crippen molar-refractivity contribution >= 4 is 11.6 Å². The number of carbonyl (C=O) groups excluding carboxylic acids is 1. The summed E-state index contributed by atoms with van der Waals surface area (Å²) in [6, 6.07) is 11.7. The molecule has 1 aliphatic rings. The first-order valence-corrected chi connectivity index (χ1v) is 8.83. The summed E-state index contributed by atoms with van der Waals surface area (Å²) in [5, 5.41) is 6.19. The number of anilines is 1. The standard InChI is InChI=1S/C20H24FN3O3/c1-26-16-6-7-19(27-2)17(11-16)23-20(25)13-24-9-8-22-12-18(24)14-4-3-5-15(21)10-14/h3-7,10-11,18,22H,8-9,12-13H2,1-2H3,(H,23,25). The molecule has 0 aromatic heterocycles. The molecule has 1 aliphatic heterocycles. The second-order valence-corrected chi connectivity index (χ2v) is 6.36. The van der Waals surface area contributed by atoms with Gasteiger partial charge >= 0.3 is 0 Å². The Labute approximate surface area is 158 Å². The van der Waals surface area contributed by atoms with Crippen molar-refractivity contribution in [3.8, 4) is 11.5 Å². The predicted molar refractivity (Wildman–Crippen MR) is 102 cm³/mol. The molecule has 3 rings (SSSR count). The van der Waals surface area contributed by atoms with Gasteiger partial charge in [0.05, 0.1) is 26.5 Å². The lowest BCUT2D eigenvalue weighted by Gasteiger charge is -2.36. The molecule has 2 aromatic carbocycles. The van der Waals surface area contributed by atoms with Gasteiger partial charge in [-0.2, -0.15) is 0 Å². The summed E-state index contributed by atoms with van der Waals surface area (Å²) in [6.07, 6.45) is 0. The first-order valence-electron chi connectivity index (χ1n) is 8.83. The Morgan fingerprint density at radius 1 is 1.26 bits per heavy atom. The van der Waals surface area contributed by atoms with Gasteiger partial charge in [-0.1, -0.05) is 12.1 Å². The predicted octanol–water partition coefficient (Wildman–Crippen LogP) is 2.43. The molecule has 2 N–H and O–H groups in total. The van der Waals surface area contributed by atoms with Crippen molar-refractivity contribution in [3.05, 3.63) is 53.8 Å². The summed E-state index contributed by atoms with van der Waals surface area (Å²) in [6.45, 7) is 2.34. The van der Waals surface area contributed by atoms with E-state index in [0.29, 0.717) is 30.3 Å². The molecular formula is C20H24FN3O3. The van der Waals surface area contributed by atoms with E-state index in [1.807, 2.05) is 11.0 Å². The van der Waals surface area contributed by atoms with E-state index in [1.165, 1.54) is 12.1 Å². The van der Waals surface area contributed by atoms with Crippen LogP contribution >= 0.6 is 0 Å². The van der Waals surface area contributed by atoms with Crippen LogP contribution in [0.25, 0.3) is 0 Å². The molecule has 27 heavy (non-hydrogen) atoms. The molecule has 1 heterocycles. The average Bonchev–Trinajstić information content (AvgIpc) is 2.68. The second-order valence-electron chi connectivity index (χ2n) is 6.36. The molecule has 0 bridgehead atoms. The van der Waals surface area contributed by atoms with Crippen LogP contribution < -0.4 is 20.1 Å². The molecule has 0 radical (unpaired) electrons. The van der Waals surface area contributed by atoms with Crippen LogP contribution in [0.5, 0.6) is 11.5 Å². The van der Waals surface area contributed by atoms with Crippen molar-refractivity contribution in [1.82, 2.24) is 10.2 Å². The third-order valence-electron chi connectivity index (χ3n) is 4.62. The molecular weight excluding hydrogens is 349 g/mol. The highest BCUT2D eigenvalue weighted by atomic mass is 19.1. The van der Waals surface area contributed by atoms with Crippen LogP contribution in [0, 0.1) is 5.82 Å². The van der Waals surface area contributed by atoms with Crippen LogP contribution in [0.1, 0.15) is 11.6 Å². The van der Waals surface area contributed by atoms with E-state index >= 15 is 0 Å². The van der Waals surface area contributed by atoms with Crippen LogP contribution in [0.15, 0.2) is 42.5 Å². The smallest absolute Gasteiger partial charge is 0.238 e. The maximum absolute atomic E-state index is 13.6. The van der Waals surface area contributed by atoms with E-state index < -0.39 is 0 Å². The maximum atomic E-state index is 13.6. The normalized spacial score (nSPS) is 17.4. The fourth-order valence-electron chi connectivity index (χ4n) is 3.26. The summed E-state index contributed by atoms with van der Waals surface area (Å²) in [5.74, 6) is 0.755. The molecule has 2 aromatic rings. The van der Waals surface area contributed by atoms with Crippen molar-refractivity contribution in [2.45, 2.75) is 6.04 Å². The summed E-state index contributed by atoms with van der Waals surface area (Å²) >= 11 is 0. The molecule has 0 aliphatic carbocycles. The monoisotopic (exact) mass is 373 g/mol. The minimum atomic E-state index is -0.274. The SMILES string of the molecule is COc1ccc(OC)c(NC(=O)CN2CCNCC2c2cccc(F)c2)c1. The summed E-state index contributed by atoms with van der Waals surface area (Å²) in [5.41, 5.74) is 1.41. The summed E-state index contributed by atoms with van der Waals surface area (Å²) < 4.78 is 24.1. The number of amides is 1. The maximum Gasteiger partial charge on any atom is 0.238 e. The van der Waals surface area contributed by atoms with Crippen molar-refractivity contribution in [3.63, 3.8) is 0 Å². The number of carbonyl (C=O) groups is 1. The van der Waals surface area contributed by atoms with Gasteiger partial charge in [-0.15, -0.1) is 0 Å². The number of hydrogen-bond acceptors (Lipinski definition) is 5. The Hall–Kier alpha value is -2.64. The first-order chi connectivity index (χ1) is 13.1. The molecule has 6 nitrogen and oxygen atoms in total. The molecule has 1 unspecified atom stereocenters. The van der Waals surface area contributed by atoms with Gasteiger partial charge in [0.2, 0.25) is 5.91 Å². The zero-order chi connectivity index (χ0) is 19.2. The van der Waals surface area contributed by atoms with Crippen LogP contribution in [0.2, 0.25) is 0 Å². The van der Waals surface area contributed by atoms with Crippen molar-refractivity contribution < 1.29 is 18.7 Å². The molecule has 1 saturated heterocycles. The number of piperazine rings is 1. The Morgan fingerprint density at radius 2 is 2.11 bits per heavy atom. The molecule has 1 fully saturated rings. The van der Waals surface area contributed by atoms with E-state index in [4.69, 9.17) is 9.47 Å². The Morgan fingerprint density at radius 3 is 2.85 bits per heavy atom. The number of nitrogens with zero attached hydrogens (tertiary/aromatic N) is 1. The van der Waals surface area contributed by atoms with Crippen LogP contribution in [0.4, 0.5) is 10.1 Å². The number of methoxy groups -OCH3 is 2. The summed E-state index contributed by atoms with van der Waals surface area (Å²) in [7, 11) is 3.12. The Bertz CT molecular complexity index is 800. The molecule has 1 atom stereocenters. The van der Waals surface area contributed by atoms with Crippen molar-refractivity contribution in [1.29, 1.82) is 0 Å². The van der Waals surface area contributed by atoms with E-state index in [-0.39, 0.29) is 24.3 Å². The third kappa shape index (κ3) is 4.75. The minimum absolute atomic E-state index is 0.0626. The second kappa shape index (κ2) is 8.83. The topological polar surface area (TPSA) is 62.8 Å². The largest absolute Gasteiger partial charge is 0.497 e. The molecule has 0 spiro atoms. The Balaban J connectivity index is 1.72. The lowest BCUT2D eigenvalue weighted by Crippen LogP contribution is -2.48. The van der Waals surface area contributed by atoms with Gasteiger partial charge in [0.25, 0.3) is 0 Å². The fourth-order valence-corrected chi connectivity index (χ4v) is 3.26. The van der Waals surface area contributed by atoms with E-state index in [2.05, 4.69) is 10.6 Å². The van der Waals surface area contributed by atoms with E-state index in [1.54, 1.807) is 38.5 Å². The van der Waals surface area contributed by atoms with Gasteiger partial charge in [-0.3, -0.25) is 9.69 Å². The van der Waals surface area contributed by atoms with Gasteiger partial charge in [0.1, 0.15) is 17.3 Å². The lowest BCUT2D eigenvalue weighted by molar-refractivity contribution is -0.118. The highest BCUT2D eigenvalue weighted by Gasteiger charge is 2.26. The summed E-state index contributed by atoms with van der Waals surface area (Å²) in [4.78, 5) is 14.7. The third-order valence-corrected chi connectivity index (χ3v) is 4.62. The first kappa shape index (κ1) is 19.1. The minimum Gasteiger partial charge on any atom is -0.497 e.